The van der Waals surface area contributed by atoms with Crippen LogP contribution in [0.5, 0.6) is 5.75 Å². The van der Waals surface area contributed by atoms with E-state index in [1.807, 2.05) is 11.9 Å². The molecule has 0 saturated heterocycles. The van der Waals surface area contributed by atoms with E-state index >= 15 is 0 Å². The molecule has 2 aromatic carbocycles. The number of halogens is 3. The van der Waals surface area contributed by atoms with Crippen molar-refractivity contribution in [1.29, 1.82) is 0 Å². The lowest BCUT2D eigenvalue weighted by Gasteiger charge is -2.42. The predicted molar refractivity (Wildman–Crippen MR) is 129 cm³/mol. The molecule has 0 atom stereocenters. The van der Waals surface area contributed by atoms with Crippen molar-refractivity contribution in [3.8, 4) is 5.75 Å². The van der Waals surface area contributed by atoms with Crippen molar-refractivity contribution >= 4 is 34.8 Å². The topological polar surface area (TPSA) is 46.6 Å². The summed E-state index contributed by atoms with van der Waals surface area (Å²) in [5, 5.41) is 0.640. The Morgan fingerprint density at radius 3 is 2.21 bits per heavy atom. The zero-order chi connectivity index (χ0) is 24.0. The van der Waals surface area contributed by atoms with Crippen LogP contribution in [0, 0.1) is 5.82 Å². The van der Waals surface area contributed by atoms with Gasteiger partial charge in [-0.3, -0.25) is 9.59 Å². The van der Waals surface area contributed by atoms with Crippen molar-refractivity contribution in [3.63, 3.8) is 0 Å². The highest BCUT2D eigenvalue weighted by molar-refractivity contribution is 6.35. The van der Waals surface area contributed by atoms with Crippen molar-refractivity contribution in [1.82, 2.24) is 4.90 Å². The Balaban J connectivity index is 1.68. The van der Waals surface area contributed by atoms with Gasteiger partial charge in [0.15, 0.2) is 11.6 Å². The third kappa shape index (κ3) is 3.95. The molecule has 5 rings (SSSR count). The van der Waals surface area contributed by atoms with Gasteiger partial charge >= 0.3 is 0 Å². The van der Waals surface area contributed by atoms with Gasteiger partial charge in [-0.25, -0.2) is 4.39 Å². The highest BCUT2D eigenvalue weighted by Crippen LogP contribution is 2.52. The van der Waals surface area contributed by atoms with Crippen LogP contribution in [0.1, 0.15) is 55.6 Å². The van der Waals surface area contributed by atoms with Crippen LogP contribution in [-0.2, 0) is 16.2 Å². The minimum absolute atomic E-state index is 0.0270. The van der Waals surface area contributed by atoms with E-state index in [-0.39, 0.29) is 29.0 Å². The number of hydrogen-bond donors (Lipinski definition) is 0. The van der Waals surface area contributed by atoms with E-state index in [1.54, 1.807) is 30.3 Å². The Morgan fingerprint density at radius 2 is 1.59 bits per heavy atom. The van der Waals surface area contributed by atoms with E-state index in [0.717, 1.165) is 37.1 Å². The molecule has 2 aromatic rings. The van der Waals surface area contributed by atoms with Gasteiger partial charge in [0.05, 0.1) is 5.02 Å². The number of Topliss-reactive ketones (excluding diaryl/α,β-unsaturated/α-hetero) is 2. The molecule has 0 radical (unpaired) electrons. The molecular formula is C27H24Cl2FNO3. The second-order valence-electron chi connectivity index (χ2n) is 8.95. The number of hydrogen-bond acceptors (Lipinski definition) is 4. The first-order chi connectivity index (χ1) is 16.4. The second kappa shape index (κ2) is 9.20. The largest absolute Gasteiger partial charge is 0.487 e. The van der Waals surface area contributed by atoms with Crippen molar-refractivity contribution in [2.45, 2.75) is 51.0 Å². The second-order valence-corrected chi connectivity index (χ2v) is 9.80. The molecule has 2 aliphatic carbocycles. The lowest BCUT2D eigenvalue weighted by atomic mass is 9.71. The molecule has 1 aliphatic heterocycles. The molecular weight excluding hydrogens is 476 g/mol. The van der Waals surface area contributed by atoms with Crippen molar-refractivity contribution in [3.05, 3.63) is 85.9 Å². The summed E-state index contributed by atoms with van der Waals surface area (Å²) < 4.78 is 20.3. The molecule has 0 saturated carbocycles. The number of allylic oxidation sites excluding steroid dienone is 4. The zero-order valence-corrected chi connectivity index (χ0v) is 20.3. The number of ketones is 2. The summed E-state index contributed by atoms with van der Waals surface area (Å²) in [5.41, 5.74) is 4.10. The van der Waals surface area contributed by atoms with Crippen molar-refractivity contribution in [2.75, 3.05) is 7.05 Å². The van der Waals surface area contributed by atoms with Crippen molar-refractivity contribution in [2.24, 2.45) is 0 Å². The maximum absolute atomic E-state index is 14.3. The fraction of sp³-hybridized carbons (Fsp3) is 0.333. The van der Waals surface area contributed by atoms with Crippen LogP contribution >= 0.6 is 23.2 Å². The van der Waals surface area contributed by atoms with Gasteiger partial charge in [0.1, 0.15) is 18.2 Å². The summed E-state index contributed by atoms with van der Waals surface area (Å²) in [6.07, 6.45) is 3.94. The number of rotatable bonds is 4. The van der Waals surface area contributed by atoms with Crippen LogP contribution in [0.4, 0.5) is 4.39 Å². The molecule has 0 spiro atoms. The number of benzene rings is 2. The molecule has 0 unspecified atom stereocenters. The summed E-state index contributed by atoms with van der Waals surface area (Å²) in [5.74, 6) is -0.611. The minimum Gasteiger partial charge on any atom is -0.487 e. The third-order valence-corrected chi connectivity index (χ3v) is 7.42. The molecule has 176 valence electrons. The standard InChI is InChI=1S/C27H24Cl2FNO3/c1-31-20-8-4-10-22(32)25(20)24(26-21(31)9-5-11-23(26)33)17-12-16(28)13-18(29)27(17)34-14-15-6-2-3-7-19(15)30/h2-3,6-7,12-13,24H,4-5,8-11,14H2,1H3. The summed E-state index contributed by atoms with van der Waals surface area (Å²) in [6, 6.07) is 9.65. The molecule has 3 aliphatic rings. The molecule has 0 aromatic heterocycles. The number of carbonyl (C=O) groups is 2. The van der Waals surface area contributed by atoms with Gasteiger partial charge in [0, 0.05) is 64.5 Å². The van der Waals surface area contributed by atoms with E-state index in [4.69, 9.17) is 27.9 Å². The Kier molecular flexibility index (Phi) is 6.26. The Labute approximate surface area is 208 Å². The fourth-order valence-corrected chi connectivity index (χ4v) is 5.94. The molecule has 7 heteroatoms. The van der Waals surface area contributed by atoms with Crippen molar-refractivity contribution < 1.29 is 18.7 Å². The van der Waals surface area contributed by atoms with E-state index in [0.29, 0.717) is 45.9 Å². The van der Waals surface area contributed by atoms with E-state index in [1.165, 1.54) is 6.07 Å². The van der Waals surface area contributed by atoms with E-state index < -0.39 is 5.92 Å². The van der Waals surface area contributed by atoms with Gasteiger partial charge in [-0.05, 0) is 43.9 Å². The molecule has 0 amide bonds. The monoisotopic (exact) mass is 499 g/mol. The van der Waals surface area contributed by atoms with Crippen LogP contribution in [-0.4, -0.2) is 23.5 Å². The summed E-state index contributed by atoms with van der Waals surface area (Å²) in [4.78, 5) is 28.6. The maximum Gasteiger partial charge on any atom is 0.161 e. The predicted octanol–water partition coefficient (Wildman–Crippen LogP) is 6.75. The van der Waals surface area contributed by atoms with Gasteiger partial charge in [0.25, 0.3) is 0 Å². The first kappa shape index (κ1) is 23.1. The summed E-state index contributed by atoms with van der Waals surface area (Å²) >= 11 is 13.0. The van der Waals surface area contributed by atoms with Crippen LogP contribution in [0.3, 0.4) is 0 Å². The Bertz CT molecular complexity index is 1220. The zero-order valence-electron chi connectivity index (χ0n) is 18.8. The lowest BCUT2D eigenvalue weighted by Crippen LogP contribution is -2.37. The average Bonchev–Trinajstić information content (AvgIpc) is 2.80. The average molecular weight is 500 g/mol. The SMILES string of the molecule is CN1C2=C(C(=O)CCC2)C(c2cc(Cl)cc(Cl)c2OCc2ccccc2F)C2=C1CCCC2=O. The highest BCUT2D eigenvalue weighted by Gasteiger charge is 2.43. The number of nitrogens with zero attached hydrogens (tertiary/aromatic N) is 1. The first-order valence-electron chi connectivity index (χ1n) is 11.5. The third-order valence-electron chi connectivity index (χ3n) is 6.92. The number of ether oxygens (including phenoxy) is 1. The Hall–Kier alpha value is -2.63. The van der Waals surface area contributed by atoms with Gasteiger partial charge < -0.3 is 9.64 Å². The smallest absolute Gasteiger partial charge is 0.161 e. The quantitative estimate of drug-likeness (QED) is 0.466. The summed E-state index contributed by atoms with van der Waals surface area (Å²) in [7, 11) is 1.94. The fourth-order valence-electron chi connectivity index (χ4n) is 5.38. The lowest BCUT2D eigenvalue weighted by molar-refractivity contribution is -0.117. The molecule has 1 heterocycles. The van der Waals surface area contributed by atoms with E-state index in [2.05, 4.69) is 0 Å². The van der Waals surface area contributed by atoms with Crippen LogP contribution in [0.25, 0.3) is 0 Å². The van der Waals surface area contributed by atoms with Gasteiger partial charge in [-0.2, -0.15) is 0 Å². The normalized spacial score (nSPS) is 18.9. The maximum atomic E-state index is 14.3. The van der Waals surface area contributed by atoms with Crippen LogP contribution in [0.2, 0.25) is 10.0 Å². The molecule has 0 N–H and O–H groups in total. The van der Waals surface area contributed by atoms with Gasteiger partial charge in [-0.1, -0.05) is 41.4 Å². The molecule has 0 bridgehead atoms. The first-order valence-corrected chi connectivity index (χ1v) is 12.2. The Morgan fingerprint density at radius 1 is 0.971 bits per heavy atom. The molecule has 0 fully saturated rings. The molecule has 34 heavy (non-hydrogen) atoms. The van der Waals surface area contributed by atoms with E-state index in [9.17, 15) is 14.0 Å². The summed E-state index contributed by atoms with van der Waals surface area (Å²) in [6.45, 7) is -0.0483. The molecule has 4 nitrogen and oxygen atoms in total. The highest BCUT2D eigenvalue weighted by atomic mass is 35.5. The van der Waals surface area contributed by atoms with Crippen LogP contribution in [0.15, 0.2) is 58.9 Å². The van der Waals surface area contributed by atoms with Crippen LogP contribution < -0.4 is 4.74 Å². The van der Waals surface area contributed by atoms with Gasteiger partial charge in [0.2, 0.25) is 0 Å². The minimum atomic E-state index is -0.603. The number of carbonyl (C=O) groups excluding carboxylic acids is 2. The van der Waals surface area contributed by atoms with Gasteiger partial charge in [-0.15, -0.1) is 0 Å².